The maximum atomic E-state index is 13.4. The van der Waals surface area contributed by atoms with Gasteiger partial charge in [-0.2, -0.15) is 0 Å². The molecule has 66 heavy (non-hydrogen) atoms. The van der Waals surface area contributed by atoms with E-state index in [4.69, 9.17) is 37.9 Å². The van der Waals surface area contributed by atoms with Crippen LogP contribution in [0.3, 0.4) is 0 Å². The van der Waals surface area contributed by atoms with E-state index >= 15 is 0 Å². The maximum absolute atomic E-state index is 13.4. The van der Waals surface area contributed by atoms with Gasteiger partial charge in [0.15, 0.2) is 0 Å². The number of unbranched alkanes of at least 4 members (excludes halogenated alkanes) is 4. The van der Waals surface area contributed by atoms with Crippen LogP contribution < -0.4 is 23.7 Å². The van der Waals surface area contributed by atoms with Gasteiger partial charge in [-0.3, -0.25) is 0 Å². The normalized spacial score (nSPS) is 12.9. The standard InChI is InChI=1S/C54H54O12/c1-3-11-42-34-48(65-53(57)43-14-12-40-32-46(22-18-38(40)30-43)61-27-7-5-6-8-29-62-51(55)4-2)24-25-50(42)66-54(58)44-15-13-41-33-47(23-19-39(41)31-44)64-52(56)37-16-20-45(21-17-37)60-28-10-9-26-59-35-49-36-63-49/h4,12-25,30-34,49H,2-3,5-11,26-29,35-36H2,1H3. The Kier molecular flexibility index (Phi) is 16.9. The fourth-order valence-corrected chi connectivity index (χ4v) is 7.07. The Labute approximate surface area is 384 Å². The molecule has 0 radical (unpaired) electrons. The molecule has 0 saturated carbocycles. The van der Waals surface area contributed by atoms with E-state index in [0.717, 1.165) is 90.5 Å². The molecule has 1 aliphatic heterocycles. The molecule has 12 heteroatoms. The molecule has 1 saturated heterocycles. The molecule has 1 heterocycles. The zero-order chi connectivity index (χ0) is 46.1. The molecule has 0 aliphatic carbocycles. The molecule has 6 aromatic carbocycles. The van der Waals surface area contributed by atoms with Gasteiger partial charge in [-0.15, -0.1) is 0 Å². The van der Waals surface area contributed by atoms with Crippen molar-refractivity contribution in [3.8, 4) is 28.7 Å². The molecule has 342 valence electrons. The summed E-state index contributed by atoms with van der Waals surface area (Å²) in [6, 6.07) is 33.3. The number of fused-ring (bicyclic) bond motifs is 2. The first-order valence-corrected chi connectivity index (χ1v) is 22.5. The SMILES string of the molecule is C=CC(=O)OCCCCCCOc1ccc2cc(C(=O)Oc3ccc(OC(=O)c4ccc5cc(OC(=O)c6ccc(OCCCCOCC7CO7)cc6)ccc5c4)c(CCC)c3)ccc2c1. The van der Waals surface area contributed by atoms with Crippen LogP contribution in [-0.2, 0) is 25.4 Å². The van der Waals surface area contributed by atoms with E-state index < -0.39 is 23.9 Å². The van der Waals surface area contributed by atoms with Gasteiger partial charge in [-0.05, 0) is 163 Å². The first kappa shape index (κ1) is 47.0. The lowest BCUT2D eigenvalue weighted by molar-refractivity contribution is -0.137. The average molecular weight is 895 g/mol. The van der Waals surface area contributed by atoms with E-state index in [2.05, 4.69) is 6.58 Å². The van der Waals surface area contributed by atoms with E-state index in [1.165, 1.54) is 0 Å². The van der Waals surface area contributed by atoms with Crippen molar-refractivity contribution >= 4 is 45.4 Å². The number of hydrogen-bond donors (Lipinski definition) is 0. The monoisotopic (exact) mass is 894 g/mol. The van der Waals surface area contributed by atoms with Crippen LogP contribution in [0.2, 0.25) is 0 Å². The van der Waals surface area contributed by atoms with Gasteiger partial charge >= 0.3 is 23.9 Å². The Balaban J connectivity index is 0.878. The van der Waals surface area contributed by atoms with Crippen LogP contribution in [0.15, 0.2) is 128 Å². The van der Waals surface area contributed by atoms with Gasteiger partial charge in [0, 0.05) is 12.7 Å². The van der Waals surface area contributed by atoms with Gasteiger partial charge in [-0.25, -0.2) is 19.2 Å². The second kappa shape index (κ2) is 23.8. The lowest BCUT2D eigenvalue weighted by Gasteiger charge is -2.13. The Morgan fingerprint density at radius 3 is 1.73 bits per heavy atom. The highest BCUT2D eigenvalue weighted by Crippen LogP contribution is 2.30. The summed E-state index contributed by atoms with van der Waals surface area (Å²) in [5, 5.41) is 3.33. The molecule has 0 N–H and O–H groups in total. The molecule has 0 aromatic heterocycles. The quantitative estimate of drug-likeness (QED) is 0.0177. The van der Waals surface area contributed by atoms with Gasteiger partial charge < -0.3 is 37.9 Å². The van der Waals surface area contributed by atoms with E-state index in [9.17, 15) is 19.2 Å². The van der Waals surface area contributed by atoms with Crippen molar-refractivity contribution in [2.45, 2.75) is 64.4 Å². The van der Waals surface area contributed by atoms with Crippen LogP contribution in [0.1, 0.15) is 88.5 Å². The topological polar surface area (TPSA) is 145 Å². The van der Waals surface area contributed by atoms with Crippen LogP contribution in [-0.4, -0.2) is 69.6 Å². The van der Waals surface area contributed by atoms with Crippen molar-refractivity contribution in [1.29, 1.82) is 0 Å². The second-order valence-electron chi connectivity index (χ2n) is 15.9. The predicted octanol–water partition coefficient (Wildman–Crippen LogP) is 10.8. The third-order valence-electron chi connectivity index (χ3n) is 10.7. The van der Waals surface area contributed by atoms with Gasteiger partial charge in [0.25, 0.3) is 0 Å². The van der Waals surface area contributed by atoms with E-state index in [1.807, 2.05) is 31.2 Å². The zero-order valence-electron chi connectivity index (χ0n) is 37.1. The van der Waals surface area contributed by atoms with E-state index in [-0.39, 0.29) is 6.10 Å². The number of carbonyl (C=O) groups is 4. The van der Waals surface area contributed by atoms with Gasteiger partial charge in [0.1, 0.15) is 34.9 Å². The number of ether oxygens (including phenoxy) is 8. The smallest absolute Gasteiger partial charge is 0.343 e. The van der Waals surface area contributed by atoms with Crippen LogP contribution in [0, 0.1) is 0 Å². The Morgan fingerprint density at radius 1 is 0.561 bits per heavy atom. The Morgan fingerprint density at radius 2 is 1.06 bits per heavy atom. The molecule has 1 atom stereocenters. The van der Waals surface area contributed by atoms with Crippen molar-refractivity contribution < 1.29 is 57.1 Å². The molecule has 1 fully saturated rings. The average Bonchev–Trinajstić information content (AvgIpc) is 4.17. The van der Waals surface area contributed by atoms with Crippen molar-refractivity contribution in [2.75, 3.05) is 39.6 Å². The number of esters is 4. The summed E-state index contributed by atoms with van der Waals surface area (Å²) in [6.45, 7) is 9.03. The number of rotatable bonds is 25. The number of aryl methyl sites for hydroxylation is 1. The van der Waals surface area contributed by atoms with Crippen LogP contribution >= 0.6 is 0 Å². The Bertz CT molecular complexity index is 2630. The molecular weight excluding hydrogens is 841 g/mol. The summed E-state index contributed by atoms with van der Waals surface area (Å²) in [5.74, 6) is 0.532. The third-order valence-corrected chi connectivity index (χ3v) is 10.7. The maximum Gasteiger partial charge on any atom is 0.343 e. The summed E-state index contributed by atoms with van der Waals surface area (Å²) in [6.07, 6.45) is 8.11. The highest BCUT2D eigenvalue weighted by Gasteiger charge is 2.22. The summed E-state index contributed by atoms with van der Waals surface area (Å²) < 4.78 is 44.8. The largest absolute Gasteiger partial charge is 0.494 e. The fraction of sp³-hybridized carbons (Fsp3) is 0.296. The van der Waals surface area contributed by atoms with E-state index in [0.29, 0.717) is 79.1 Å². The van der Waals surface area contributed by atoms with E-state index in [1.54, 1.807) is 91.0 Å². The number of carbonyl (C=O) groups excluding carboxylic acids is 4. The van der Waals surface area contributed by atoms with Crippen molar-refractivity contribution in [3.05, 3.63) is 150 Å². The highest BCUT2D eigenvalue weighted by molar-refractivity contribution is 5.98. The molecule has 1 aliphatic rings. The van der Waals surface area contributed by atoms with Gasteiger partial charge in [0.2, 0.25) is 0 Å². The van der Waals surface area contributed by atoms with Crippen LogP contribution in [0.5, 0.6) is 28.7 Å². The number of epoxide rings is 1. The van der Waals surface area contributed by atoms with Crippen molar-refractivity contribution in [2.24, 2.45) is 0 Å². The van der Waals surface area contributed by atoms with Crippen LogP contribution in [0.4, 0.5) is 0 Å². The minimum absolute atomic E-state index is 0.271. The summed E-state index contributed by atoms with van der Waals surface area (Å²) in [7, 11) is 0. The minimum Gasteiger partial charge on any atom is -0.494 e. The summed E-state index contributed by atoms with van der Waals surface area (Å²) >= 11 is 0. The molecule has 12 nitrogen and oxygen atoms in total. The summed E-state index contributed by atoms with van der Waals surface area (Å²) in [4.78, 5) is 50.8. The lowest BCUT2D eigenvalue weighted by Crippen LogP contribution is -2.11. The van der Waals surface area contributed by atoms with Crippen molar-refractivity contribution in [3.63, 3.8) is 0 Å². The second-order valence-corrected chi connectivity index (χ2v) is 15.9. The molecule has 7 rings (SSSR count). The van der Waals surface area contributed by atoms with Gasteiger partial charge in [0.05, 0.1) is 49.7 Å². The molecule has 0 bridgehead atoms. The Hall–Kier alpha value is -7.02. The van der Waals surface area contributed by atoms with Gasteiger partial charge in [-0.1, -0.05) is 44.2 Å². The molecular formula is C54H54O12. The first-order valence-electron chi connectivity index (χ1n) is 22.5. The zero-order valence-corrected chi connectivity index (χ0v) is 37.1. The molecule has 1 unspecified atom stereocenters. The molecule has 6 aromatic rings. The predicted molar refractivity (Wildman–Crippen MR) is 250 cm³/mol. The van der Waals surface area contributed by atoms with Crippen molar-refractivity contribution in [1.82, 2.24) is 0 Å². The highest BCUT2D eigenvalue weighted by atomic mass is 16.6. The number of hydrogen-bond acceptors (Lipinski definition) is 12. The molecule has 0 spiro atoms. The third kappa shape index (κ3) is 14.0. The fourth-order valence-electron chi connectivity index (χ4n) is 7.07. The number of benzene rings is 6. The lowest BCUT2D eigenvalue weighted by atomic mass is 10.1. The minimum atomic E-state index is -0.541. The summed E-state index contributed by atoms with van der Waals surface area (Å²) in [5.41, 5.74) is 1.85. The molecule has 0 amide bonds. The first-order chi connectivity index (χ1) is 32.2. The van der Waals surface area contributed by atoms with Crippen LogP contribution in [0.25, 0.3) is 21.5 Å².